The van der Waals surface area contributed by atoms with Crippen LogP contribution >= 0.6 is 27.7 Å². The summed E-state index contributed by atoms with van der Waals surface area (Å²) in [5.41, 5.74) is 2.40. The zero-order chi connectivity index (χ0) is 28.3. The predicted octanol–water partition coefficient (Wildman–Crippen LogP) is 6.60. The number of nitrogens with one attached hydrogen (secondary N) is 3. The molecule has 40 heavy (non-hydrogen) atoms. The summed E-state index contributed by atoms with van der Waals surface area (Å²) in [5.74, 6) is -0.236. The van der Waals surface area contributed by atoms with Crippen molar-refractivity contribution < 1.29 is 19.1 Å². The lowest BCUT2D eigenvalue weighted by atomic mass is 10.1. The minimum Gasteiger partial charge on any atom is -0.497 e. The monoisotopic (exact) mass is 615 g/mol. The Hall–Kier alpha value is -4.34. The van der Waals surface area contributed by atoms with Crippen LogP contribution in [0, 0.1) is 0 Å². The van der Waals surface area contributed by atoms with Crippen LogP contribution < -0.4 is 20.7 Å². The molecule has 3 N–H and O–H groups in total. The van der Waals surface area contributed by atoms with Crippen LogP contribution in [0.3, 0.4) is 0 Å². The standard InChI is InChI=1S/C31H26BrN3O4S/c1-39-26-11-5-7-21(17-26)18-28(35-30(37)22-8-3-2-4-9-22)31(38)34-25-10-6-12-27(19-25)40-20-29(36)33-24-15-13-23(32)14-16-24/h2-19H,20H2,1H3,(H,33,36)(H,34,38)(H,35,37)/b28-18-. The van der Waals surface area contributed by atoms with Crippen molar-refractivity contribution in [3.05, 3.63) is 124 Å². The Labute approximate surface area is 245 Å². The van der Waals surface area contributed by atoms with Gasteiger partial charge in [-0.25, -0.2) is 0 Å². The van der Waals surface area contributed by atoms with Crippen LogP contribution in [0.5, 0.6) is 5.75 Å². The van der Waals surface area contributed by atoms with E-state index in [-0.39, 0.29) is 17.4 Å². The minimum atomic E-state index is -0.498. The van der Waals surface area contributed by atoms with Crippen LogP contribution in [0.1, 0.15) is 15.9 Å². The molecule has 0 atom stereocenters. The molecular weight excluding hydrogens is 590 g/mol. The maximum Gasteiger partial charge on any atom is 0.272 e. The molecule has 0 aliphatic heterocycles. The van der Waals surface area contributed by atoms with Gasteiger partial charge in [-0.3, -0.25) is 14.4 Å². The first-order valence-electron chi connectivity index (χ1n) is 12.2. The molecular formula is C31H26BrN3O4S. The van der Waals surface area contributed by atoms with Crippen molar-refractivity contribution >= 4 is 62.9 Å². The number of amides is 3. The van der Waals surface area contributed by atoms with Crippen LogP contribution in [0.2, 0.25) is 0 Å². The molecule has 0 spiro atoms. The molecule has 0 saturated heterocycles. The van der Waals surface area contributed by atoms with Crippen molar-refractivity contribution in [3.8, 4) is 5.75 Å². The first kappa shape index (κ1) is 28.7. The van der Waals surface area contributed by atoms with Gasteiger partial charge in [-0.1, -0.05) is 52.3 Å². The number of benzene rings is 4. The summed E-state index contributed by atoms with van der Waals surface area (Å²) < 4.78 is 6.21. The van der Waals surface area contributed by atoms with E-state index in [9.17, 15) is 14.4 Å². The van der Waals surface area contributed by atoms with Crippen molar-refractivity contribution in [2.75, 3.05) is 23.5 Å². The number of rotatable bonds is 10. The van der Waals surface area contributed by atoms with Gasteiger partial charge in [-0.15, -0.1) is 11.8 Å². The summed E-state index contributed by atoms with van der Waals surface area (Å²) in [6.45, 7) is 0. The van der Waals surface area contributed by atoms with Gasteiger partial charge < -0.3 is 20.7 Å². The van der Waals surface area contributed by atoms with Gasteiger partial charge in [0, 0.05) is 26.3 Å². The highest BCUT2D eigenvalue weighted by Gasteiger charge is 2.16. The number of methoxy groups -OCH3 is 1. The molecule has 0 aliphatic carbocycles. The van der Waals surface area contributed by atoms with E-state index >= 15 is 0 Å². The molecule has 0 heterocycles. The highest BCUT2D eigenvalue weighted by Crippen LogP contribution is 2.23. The van der Waals surface area contributed by atoms with E-state index in [0.717, 1.165) is 9.37 Å². The normalized spacial score (nSPS) is 10.9. The van der Waals surface area contributed by atoms with E-state index in [2.05, 4.69) is 31.9 Å². The molecule has 0 bridgehead atoms. The third kappa shape index (κ3) is 8.59. The molecule has 202 valence electrons. The lowest BCUT2D eigenvalue weighted by molar-refractivity contribution is -0.114. The summed E-state index contributed by atoms with van der Waals surface area (Å²) in [5, 5.41) is 8.44. The van der Waals surface area contributed by atoms with Crippen molar-refractivity contribution in [2.24, 2.45) is 0 Å². The lowest BCUT2D eigenvalue weighted by Crippen LogP contribution is -2.30. The summed E-state index contributed by atoms with van der Waals surface area (Å²) in [4.78, 5) is 39.4. The average Bonchev–Trinajstić information content (AvgIpc) is 2.97. The summed E-state index contributed by atoms with van der Waals surface area (Å²) in [6, 6.07) is 30.3. The third-order valence-electron chi connectivity index (χ3n) is 5.52. The van der Waals surface area contributed by atoms with Gasteiger partial charge in [-0.05, 0) is 78.4 Å². The second-order valence-corrected chi connectivity index (χ2v) is 10.4. The number of anilines is 2. The zero-order valence-corrected chi connectivity index (χ0v) is 23.9. The molecule has 3 amide bonds. The Morgan fingerprint density at radius 1 is 0.825 bits per heavy atom. The Morgan fingerprint density at radius 3 is 2.33 bits per heavy atom. The fourth-order valence-electron chi connectivity index (χ4n) is 3.58. The molecule has 7 nitrogen and oxygen atoms in total. The Bertz CT molecular complexity index is 1530. The largest absolute Gasteiger partial charge is 0.497 e. The molecule has 0 aliphatic rings. The summed E-state index contributed by atoms with van der Waals surface area (Å²) in [7, 11) is 1.56. The van der Waals surface area contributed by atoms with Crippen LogP contribution in [-0.4, -0.2) is 30.6 Å². The van der Waals surface area contributed by atoms with Crippen LogP contribution in [-0.2, 0) is 9.59 Å². The number of carbonyl (C=O) groups is 3. The highest BCUT2D eigenvalue weighted by molar-refractivity contribution is 9.10. The van der Waals surface area contributed by atoms with Crippen LogP contribution in [0.4, 0.5) is 11.4 Å². The van der Waals surface area contributed by atoms with Gasteiger partial charge in [0.2, 0.25) is 5.91 Å². The Morgan fingerprint density at radius 2 is 1.57 bits per heavy atom. The molecule has 4 rings (SSSR count). The SMILES string of the molecule is COc1cccc(/C=C(\NC(=O)c2ccccc2)C(=O)Nc2cccc(SCC(=O)Nc3ccc(Br)cc3)c2)c1. The average molecular weight is 617 g/mol. The molecule has 4 aromatic carbocycles. The second kappa shape index (κ2) is 14.2. The summed E-state index contributed by atoms with van der Waals surface area (Å²) >= 11 is 4.72. The Kier molecular flexibility index (Phi) is 10.1. The van der Waals surface area contributed by atoms with Gasteiger partial charge in [-0.2, -0.15) is 0 Å². The molecule has 0 fully saturated rings. The molecule has 0 radical (unpaired) electrons. The fourth-order valence-corrected chi connectivity index (χ4v) is 4.60. The van der Waals surface area contributed by atoms with Crippen molar-refractivity contribution in [3.63, 3.8) is 0 Å². The first-order chi connectivity index (χ1) is 19.4. The van der Waals surface area contributed by atoms with E-state index in [1.54, 1.807) is 79.9 Å². The van der Waals surface area contributed by atoms with Crippen molar-refractivity contribution in [1.29, 1.82) is 0 Å². The minimum absolute atomic E-state index is 0.0639. The van der Waals surface area contributed by atoms with Crippen molar-refractivity contribution in [2.45, 2.75) is 4.90 Å². The Balaban J connectivity index is 1.46. The quantitative estimate of drug-likeness (QED) is 0.138. The lowest BCUT2D eigenvalue weighted by Gasteiger charge is -2.12. The molecule has 0 unspecified atom stereocenters. The van der Waals surface area contributed by atoms with E-state index in [4.69, 9.17) is 4.74 Å². The van der Waals surface area contributed by atoms with Gasteiger partial charge in [0.1, 0.15) is 11.4 Å². The van der Waals surface area contributed by atoms with Gasteiger partial charge in [0.25, 0.3) is 11.8 Å². The smallest absolute Gasteiger partial charge is 0.272 e. The maximum absolute atomic E-state index is 13.3. The summed E-state index contributed by atoms with van der Waals surface area (Å²) in [6.07, 6.45) is 1.59. The highest BCUT2D eigenvalue weighted by atomic mass is 79.9. The maximum atomic E-state index is 13.3. The van der Waals surface area contributed by atoms with E-state index in [1.807, 2.05) is 36.4 Å². The van der Waals surface area contributed by atoms with Gasteiger partial charge in [0.15, 0.2) is 0 Å². The molecule has 9 heteroatoms. The number of thioether (sulfide) groups is 1. The van der Waals surface area contributed by atoms with Crippen molar-refractivity contribution in [1.82, 2.24) is 5.32 Å². The number of carbonyl (C=O) groups excluding carboxylic acids is 3. The topological polar surface area (TPSA) is 96.5 Å². The fraction of sp³-hybridized carbons (Fsp3) is 0.0645. The molecule has 4 aromatic rings. The predicted molar refractivity (Wildman–Crippen MR) is 163 cm³/mol. The number of hydrogen-bond acceptors (Lipinski definition) is 5. The van der Waals surface area contributed by atoms with Gasteiger partial charge in [0.05, 0.1) is 12.9 Å². The molecule has 0 aromatic heterocycles. The van der Waals surface area contributed by atoms with Crippen LogP contribution in [0.25, 0.3) is 6.08 Å². The van der Waals surface area contributed by atoms with E-state index < -0.39 is 11.8 Å². The van der Waals surface area contributed by atoms with E-state index in [1.165, 1.54) is 11.8 Å². The number of hydrogen-bond donors (Lipinski definition) is 3. The number of ether oxygens (including phenoxy) is 1. The van der Waals surface area contributed by atoms with E-state index in [0.29, 0.717) is 28.3 Å². The third-order valence-corrected chi connectivity index (χ3v) is 7.05. The second-order valence-electron chi connectivity index (χ2n) is 8.48. The van der Waals surface area contributed by atoms with Gasteiger partial charge >= 0.3 is 0 Å². The van der Waals surface area contributed by atoms with Crippen LogP contribution in [0.15, 0.2) is 118 Å². The number of halogens is 1. The first-order valence-corrected chi connectivity index (χ1v) is 14.0. The molecule has 0 saturated carbocycles. The zero-order valence-electron chi connectivity index (χ0n) is 21.5.